The first-order valence-corrected chi connectivity index (χ1v) is 11.4. The van der Waals surface area contributed by atoms with Crippen LogP contribution in [0.5, 0.6) is 0 Å². The fraction of sp³-hybridized carbons (Fsp3) is 1.00. The molecular weight excluding hydrogens is 412 g/mol. The van der Waals surface area contributed by atoms with E-state index in [1.54, 1.807) is 0 Å². The van der Waals surface area contributed by atoms with Crippen LogP contribution in [-0.4, -0.2) is 110 Å². The molecule has 0 aromatic rings. The zero-order valence-electron chi connectivity index (χ0n) is 17.5. The highest BCUT2D eigenvalue weighted by Crippen LogP contribution is 2.43. The quantitative estimate of drug-likeness (QED) is 0.256. The molecule has 0 radical (unpaired) electrons. The molecule has 31 heavy (non-hydrogen) atoms. The Morgan fingerprint density at radius 3 is 2.13 bits per heavy atom. The summed E-state index contributed by atoms with van der Waals surface area (Å²) in [7, 11) is 0. The van der Waals surface area contributed by atoms with Crippen molar-refractivity contribution < 1.29 is 50.0 Å². The summed E-state index contributed by atoms with van der Waals surface area (Å²) in [4.78, 5) is 0. The Bertz CT molecular complexity index is 583. The molecule has 0 aromatic heterocycles. The summed E-state index contributed by atoms with van der Waals surface area (Å²) in [6, 6.07) is 0. The average molecular weight is 449 g/mol. The second-order valence-corrected chi connectivity index (χ2v) is 9.67. The van der Waals surface area contributed by atoms with Gasteiger partial charge in [0.2, 0.25) is 0 Å². The molecule has 4 rings (SSSR count). The number of hydrogen-bond donors (Lipinski definition) is 7. The molecule has 2 saturated heterocycles. The summed E-state index contributed by atoms with van der Waals surface area (Å²) < 4.78 is 18.0. The summed E-state index contributed by atoms with van der Waals surface area (Å²) >= 11 is 0. The molecule has 7 N–H and O–H groups in total. The number of rotatable bonds is 4. The molecule has 0 spiro atoms. The van der Waals surface area contributed by atoms with E-state index in [1.165, 1.54) is 0 Å². The van der Waals surface area contributed by atoms with Crippen LogP contribution in [0.25, 0.3) is 0 Å². The Kier molecular flexibility index (Phi) is 7.54. The summed E-state index contributed by atoms with van der Waals surface area (Å²) in [6.07, 6.45) is -5.94. The molecular formula is C21H36O10. The van der Waals surface area contributed by atoms with E-state index in [-0.39, 0.29) is 30.5 Å². The minimum atomic E-state index is -1.54. The topological polar surface area (TPSA) is 169 Å². The summed E-state index contributed by atoms with van der Waals surface area (Å²) in [5.74, 6) is -0.154. The number of fused-ring (bicyclic) bond motifs is 1. The molecule has 10 nitrogen and oxygen atoms in total. The van der Waals surface area contributed by atoms with Gasteiger partial charge in [-0.15, -0.1) is 0 Å². The smallest absolute Gasteiger partial charge is 0.187 e. The normalized spacial score (nSPS) is 53.7. The number of aliphatic hydroxyl groups excluding tert-OH is 7. The Balaban J connectivity index is 1.52. The van der Waals surface area contributed by atoms with Crippen molar-refractivity contribution in [1.29, 1.82) is 0 Å². The van der Waals surface area contributed by atoms with E-state index >= 15 is 0 Å². The van der Waals surface area contributed by atoms with E-state index in [0.29, 0.717) is 25.7 Å². The van der Waals surface area contributed by atoms with Crippen molar-refractivity contribution in [1.82, 2.24) is 0 Å². The lowest BCUT2D eigenvalue weighted by molar-refractivity contribution is -0.332. The van der Waals surface area contributed by atoms with Crippen LogP contribution in [-0.2, 0) is 14.2 Å². The van der Waals surface area contributed by atoms with Gasteiger partial charge in [-0.25, -0.2) is 0 Å². The van der Waals surface area contributed by atoms with Crippen molar-refractivity contribution in [2.75, 3.05) is 6.61 Å². The maximum atomic E-state index is 10.5. The lowest BCUT2D eigenvalue weighted by Crippen LogP contribution is -2.62. The van der Waals surface area contributed by atoms with Crippen LogP contribution in [0.3, 0.4) is 0 Å². The third-order valence-electron chi connectivity index (χ3n) is 7.56. The average Bonchev–Trinajstić information content (AvgIpc) is 2.74. The van der Waals surface area contributed by atoms with Crippen LogP contribution in [0.4, 0.5) is 0 Å². The van der Waals surface area contributed by atoms with E-state index in [4.69, 9.17) is 14.2 Å². The summed E-state index contributed by atoms with van der Waals surface area (Å²) in [6.45, 7) is -0.544. The molecule has 2 heterocycles. The predicted molar refractivity (Wildman–Crippen MR) is 105 cm³/mol. The molecule has 4 aliphatic rings. The van der Waals surface area contributed by atoms with Gasteiger partial charge in [0.25, 0.3) is 0 Å². The van der Waals surface area contributed by atoms with Gasteiger partial charge in [-0.2, -0.15) is 0 Å². The minimum Gasteiger partial charge on any atom is -0.394 e. The standard InChI is InChI=1S/C21H36O10/c22-8-16-17(26)18(27)19(28)21(31-16)30-15-7-12-13(25)5-11(24)6-14(12)29-20(15)9-1-3-10(23)4-2-9/h9-28H,1-8H2/t9?,10?,11?,12?,13?,14?,15?,16-,17-,18+,19-,20?,21+/m1/s1. The predicted octanol–water partition coefficient (Wildman–Crippen LogP) is -1.99. The summed E-state index contributed by atoms with van der Waals surface area (Å²) in [5.41, 5.74) is 0. The van der Waals surface area contributed by atoms with Crippen molar-refractivity contribution in [3.63, 3.8) is 0 Å². The first-order chi connectivity index (χ1) is 14.8. The monoisotopic (exact) mass is 448 g/mol. The Labute approximate surface area is 181 Å². The molecule has 0 amide bonds. The van der Waals surface area contributed by atoms with Crippen LogP contribution in [0.2, 0.25) is 0 Å². The van der Waals surface area contributed by atoms with Gasteiger partial charge in [-0.05, 0) is 50.9 Å². The van der Waals surface area contributed by atoms with Gasteiger partial charge in [0.15, 0.2) is 6.29 Å². The highest BCUT2D eigenvalue weighted by Gasteiger charge is 2.51. The highest BCUT2D eigenvalue weighted by molar-refractivity contribution is 4.98. The third kappa shape index (κ3) is 4.93. The summed E-state index contributed by atoms with van der Waals surface area (Å²) in [5, 5.41) is 70.5. The van der Waals surface area contributed by atoms with Crippen LogP contribution in [0.1, 0.15) is 44.9 Å². The van der Waals surface area contributed by atoms with Crippen molar-refractivity contribution in [2.45, 2.75) is 112 Å². The SMILES string of the molecule is OC[C@H]1O[C@H](OC2CC3C(O)CC(O)CC3OC2C2CCC(O)CC2)[C@H](O)[C@@H](O)[C@@H]1O. The Morgan fingerprint density at radius 2 is 1.45 bits per heavy atom. The van der Waals surface area contributed by atoms with Gasteiger partial charge in [0.1, 0.15) is 24.4 Å². The lowest BCUT2D eigenvalue weighted by atomic mass is 9.73. The first kappa shape index (κ1) is 23.7. The number of ether oxygens (including phenoxy) is 3. The van der Waals surface area contributed by atoms with Crippen LogP contribution >= 0.6 is 0 Å². The second kappa shape index (κ2) is 9.84. The highest BCUT2D eigenvalue weighted by atomic mass is 16.7. The van der Waals surface area contributed by atoms with Gasteiger partial charge in [-0.3, -0.25) is 0 Å². The van der Waals surface area contributed by atoms with Gasteiger partial charge >= 0.3 is 0 Å². The molecule has 180 valence electrons. The molecule has 0 aromatic carbocycles. The third-order valence-corrected chi connectivity index (χ3v) is 7.56. The van der Waals surface area contributed by atoms with E-state index in [9.17, 15) is 35.7 Å². The fourth-order valence-electron chi connectivity index (χ4n) is 5.73. The first-order valence-electron chi connectivity index (χ1n) is 11.4. The largest absolute Gasteiger partial charge is 0.394 e. The van der Waals surface area contributed by atoms with Gasteiger partial charge in [0, 0.05) is 5.92 Å². The number of hydrogen-bond acceptors (Lipinski definition) is 10. The van der Waals surface area contributed by atoms with Crippen LogP contribution in [0, 0.1) is 11.8 Å². The fourth-order valence-corrected chi connectivity index (χ4v) is 5.73. The van der Waals surface area contributed by atoms with E-state index in [2.05, 4.69) is 0 Å². The molecule has 6 unspecified atom stereocenters. The maximum Gasteiger partial charge on any atom is 0.187 e. The van der Waals surface area contributed by atoms with E-state index < -0.39 is 61.7 Å². The molecule has 10 heteroatoms. The lowest BCUT2D eigenvalue weighted by Gasteiger charge is -2.50. The van der Waals surface area contributed by atoms with Gasteiger partial charge in [-0.1, -0.05) is 0 Å². The maximum absolute atomic E-state index is 10.5. The number of aliphatic hydroxyl groups is 7. The van der Waals surface area contributed by atoms with E-state index in [1.807, 2.05) is 0 Å². The van der Waals surface area contributed by atoms with Gasteiger partial charge in [0.05, 0.1) is 43.2 Å². The van der Waals surface area contributed by atoms with Crippen molar-refractivity contribution >= 4 is 0 Å². The van der Waals surface area contributed by atoms with Crippen molar-refractivity contribution in [3.8, 4) is 0 Å². The van der Waals surface area contributed by atoms with E-state index in [0.717, 1.165) is 12.8 Å². The molecule has 4 fully saturated rings. The Morgan fingerprint density at radius 1 is 0.742 bits per heavy atom. The van der Waals surface area contributed by atoms with Crippen LogP contribution in [0.15, 0.2) is 0 Å². The second-order valence-electron chi connectivity index (χ2n) is 9.67. The Hall–Kier alpha value is -0.400. The van der Waals surface area contributed by atoms with Crippen molar-refractivity contribution in [2.24, 2.45) is 11.8 Å². The zero-order valence-corrected chi connectivity index (χ0v) is 17.5. The zero-order chi connectivity index (χ0) is 22.3. The van der Waals surface area contributed by atoms with Gasteiger partial charge < -0.3 is 50.0 Å². The minimum absolute atomic E-state index is 0.0930. The van der Waals surface area contributed by atoms with Crippen molar-refractivity contribution in [3.05, 3.63) is 0 Å². The molecule has 0 bridgehead atoms. The molecule has 11 atom stereocenters. The van der Waals surface area contributed by atoms with Crippen LogP contribution < -0.4 is 0 Å². The molecule has 2 aliphatic heterocycles. The molecule has 2 aliphatic carbocycles. The molecule has 2 saturated carbocycles.